The molecular weight excluding hydrogens is 326 g/mol. The van der Waals surface area contributed by atoms with Gasteiger partial charge in [0.1, 0.15) is 5.78 Å². The van der Waals surface area contributed by atoms with E-state index in [0.29, 0.717) is 6.54 Å². The summed E-state index contributed by atoms with van der Waals surface area (Å²) in [5.41, 5.74) is 2.53. The van der Waals surface area contributed by atoms with Gasteiger partial charge in [-0.2, -0.15) is 0 Å². The molecular formula is C22H26NO3-. The van der Waals surface area contributed by atoms with Gasteiger partial charge in [-0.05, 0) is 51.0 Å². The molecule has 0 heterocycles. The molecule has 0 amide bonds. The average molecular weight is 352 g/mol. The van der Waals surface area contributed by atoms with E-state index in [1.807, 2.05) is 43.4 Å². The molecule has 2 rings (SSSR count). The SMILES string of the molecule is CC(=O)C(CCN(C)CCC(c1ccccc1)c1ccccc1)C(=O)[O-]. The van der Waals surface area contributed by atoms with Crippen molar-refractivity contribution in [3.8, 4) is 0 Å². The number of nitrogens with zero attached hydrogens (tertiary/aromatic N) is 1. The van der Waals surface area contributed by atoms with Crippen LogP contribution in [0.2, 0.25) is 0 Å². The fourth-order valence-corrected chi connectivity index (χ4v) is 3.19. The van der Waals surface area contributed by atoms with Crippen LogP contribution in [0, 0.1) is 5.92 Å². The molecule has 0 aliphatic carbocycles. The highest BCUT2D eigenvalue weighted by atomic mass is 16.4. The van der Waals surface area contributed by atoms with Gasteiger partial charge in [0, 0.05) is 5.92 Å². The van der Waals surface area contributed by atoms with Gasteiger partial charge in [0.05, 0.1) is 11.9 Å². The number of hydrogen-bond acceptors (Lipinski definition) is 4. The number of benzene rings is 2. The highest BCUT2D eigenvalue weighted by molar-refractivity contribution is 5.95. The zero-order valence-electron chi connectivity index (χ0n) is 15.4. The largest absolute Gasteiger partial charge is 0.549 e. The predicted octanol–water partition coefficient (Wildman–Crippen LogP) is 2.49. The molecule has 4 heteroatoms. The molecule has 0 bridgehead atoms. The number of aliphatic carboxylic acids is 1. The van der Waals surface area contributed by atoms with Crippen LogP contribution in [0.1, 0.15) is 36.8 Å². The van der Waals surface area contributed by atoms with E-state index in [1.165, 1.54) is 18.1 Å². The third-order valence-corrected chi connectivity index (χ3v) is 4.78. The first kappa shape index (κ1) is 19.9. The van der Waals surface area contributed by atoms with E-state index in [0.717, 1.165) is 13.0 Å². The lowest BCUT2D eigenvalue weighted by molar-refractivity contribution is -0.310. The van der Waals surface area contributed by atoms with Gasteiger partial charge >= 0.3 is 0 Å². The molecule has 0 aromatic heterocycles. The van der Waals surface area contributed by atoms with Crippen molar-refractivity contribution in [3.63, 3.8) is 0 Å². The van der Waals surface area contributed by atoms with Gasteiger partial charge < -0.3 is 14.8 Å². The summed E-state index contributed by atoms with van der Waals surface area (Å²) >= 11 is 0. The standard InChI is InChI=1S/C22H27NO3/c1-17(24)20(22(25)26)13-15-23(2)16-14-21(18-9-5-3-6-10-18)19-11-7-4-8-12-19/h3-12,20-21H,13-16H2,1-2H3,(H,25,26)/p-1. The van der Waals surface area contributed by atoms with Gasteiger partial charge in [-0.15, -0.1) is 0 Å². The summed E-state index contributed by atoms with van der Waals surface area (Å²) in [5, 5.41) is 11.0. The highest BCUT2D eigenvalue weighted by Gasteiger charge is 2.18. The van der Waals surface area contributed by atoms with Crippen LogP contribution in [0.5, 0.6) is 0 Å². The minimum atomic E-state index is -1.28. The maximum Gasteiger partial charge on any atom is 0.138 e. The Labute approximate surface area is 155 Å². The Morgan fingerprint density at radius 1 is 0.885 bits per heavy atom. The van der Waals surface area contributed by atoms with Crippen LogP contribution in [-0.2, 0) is 9.59 Å². The van der Waals surface area contributed by atoms with Crippen LogP contribution in [0.3, 0.4) is 0 Å². The first-order valence-corrected chi connectivity index (χ1v) is 8.98. The fourth-order valence-electron chi connectivity index (χ4n) is 3.19. The Bertz CT molecular complexity index is 646. The summed E-state index contributed by atoms with van der Waals surface area (Å²) in [6.07, 6.45) is 1.20. The summed E-state index contributed by atoms with van der Waals surface area (Å²) in [6.45, 7) is 2.67. The van der Waals surface area contributed by atoms with Gasteiger partial charge in [-0.3, -0.25) is 4.79 Å². The average Bonchev–Trinajstić information content (AvgIpc) is 2.63. The van der Waals surface area contributed by atoms with Crippen molar-refractivity contribution in [1.29, 1.82) is 0 Å². The Balaban J connectivity index is 1.99. The monoisotopic (exact) mass is 352 g/mol. The summed E-state index contributed by atoms with van der Waals surface area (Å²) < 4.78 is 0. The van der Waals surface area contributed by atoms with Crippen LogP contribution in [-0.4, -0.2) is 36.8 Å². The van der Waals surface area contributed by atoms with Crippen molar-refractivity contribution < 1.29 is 14.7 Å². The molecule has 0 fully saturated rings. The van der Waals surface area contributed by atoms with Crippen LogP contribution in [0.25, 0.3) is 0 Å². The van der Waals surface area contributed by atoms with Crippen molar-refractivity contribution in [2.75, 3.05) is 20.1 Å². The predicted molar refractivity (Wildman–Crippen MR) is 101 cm³/mol. The van der Waals surface area contributed by atoms with Gasteiger partial charge in [-0.1, -0.05) is 60.7 Å². The third kappa shape index (κ3) is 5.81. The molecule has 0 aliphatic heterocycles. The number of carbonyl (C=O) groups excluding carboxylic acids is 2. The fraction of sp³-hybridized carbons (Fsp3) is 0.364. The molecule has 0 radical (unpaired) electrons. The lowest BCUT2D eigenvalue weighted by atomic mass is 9.88. The Morgan fingerprint density at radius 2 is 1.35 bits per heavy atom. The van der Waals surface area contributed by atoms with Crippen molar-refractivity contribution in [3.05, 3.63) is 71.8 Å². The van der Waals surface area contributed by atoms with Gasteiger partial charge in [0.2, 0.25) is 0 Å². The normalized spacial score (nSPS) is 12.3. The maximum absolute atomic E-state index is 11.4. The van der Waals surface area contributed by atoms with E-state index in [2.05, 4.69) is 29.2 Å². The number of carboxylic acids is 1. The van der Waals surface area contributed by atoms with Crippen molar-refractivity contribution >= 4 is 11.8 Å². The molecule has 0 spiro atoms. The number of hydrogen-bond donors (Lipinski definition) is 0. The zero-order valence-corrected chi connectivity index (χ0v) is 15.4. The highest BCUT2D eigenvalue weighted by Crippen LogP contribution is 2.28. The van der Waals surface area contributed by atoms with E-state index in [4.69, 9.17) is 0 Å². The molecule has 0 aliphatic rings. The lowest BCUT2D eigenvalue weighted by Crippen LogP contribution is -2.37. The van der Waals surface area contributed by atoms with Crippen LogP contribution < -0.4 is 5.11 Å². The van der Waals surface area contributed by atoms with E-state index in [1.54, 1.807) is 0 Å². The number of carboxylic acid groups (broad SMARTS) is 1. The van der Waals surface area contributed by atoms with Gasteiger partial charge in [0.15, 0.2) is 0 Å². The molecule has 1 atom stereocenters. The molecule has 0 N–H and O–H groups in total. The summed E-state index contributed by atoms with van der Waals surface area (Å²) in [6, 6.07) is 20.8. The minimum Gasteiger partial charge on any atom is -0.549 e. The number of carbonyl (C=O) groups is 2. The molecule has 0 saturated carbocycles. The van der Waals surface area contributed by atoms with E-state index in [9.17, 15) is 14.7 Å². The van der Waals surface area contributed by atoms with E-state index >= 15 is 0 Å². The van der Waals surface area contributed by atoms with Crippen molar-refractivity contribution in [2.24, 2.45) is 5.92 Å². The van der Waals surface area contributed by atoms with Crippen molar-refractivity contribution in [1.82, 2.24) is 4.90 Å². The topological polar surface area (TPSA) is 60.4 Å². The molecule has 4 nitrogen and oxygen atoms in total. The molecule has 26 heavy (non-hydrogen) atoms. The molecule has 2 aromatic rings. The van der Waals surface area contributed by atoms with E-state index in [-0.39, 0.29) is 18.1 Å². The number of Topliss-reactive ketones (excluding diaryl/α,β-unsaturated/α-hetero) is 1. The summed E-state index contributed by atoms with van der Waals surface area (Å²) in [7, 11) is 1.96. The molecule has 0 saturated heterocycles. The van der Waals surface area contributed by atoms with Crippen LogP contribution >= 0.6 is 0 Å². The number of ketones is 1. The minimum absolute atomic E-state index is 0.282. The maximum atomic E-state index is 11.4. The Hall–Kier alpha value is -2.46. The third-order valence-electron chi connectivity index (χ3n) is 4.78. The zero-order chi connectivity index (χ0) is 18.9. The molecule has 1 unspecified atom stereocenters. The lowest BCUT2D eigenvalue weighted by Gasteiger charge is -2.24. The second-order valence-electron chi connectivity index (χ2n) is 6.74. The molecule has 2 aromatic carbocycles. The summed E-state index contributed by atoms with van der Waals surface area (Å²) in [4.78, 5) is 24.5. The smallest absolute Gasteiger partial charge is 0.138 e. The quantitative estimate of drug-likeness (QED) is 0.617. The first-order chi connectivity index (χ1) is 12.5. The summed E-state index contributed by atoms with van der Waals surface area (Å²) in [5.74, 6) is -2.36. The van der Waals surface area contributed by atoms with Gasteiger partial charge in [-0.25, -0.2) is 0 Å². The van der Waals surface area contributed by atoms with Crippen LogP contribution in [0.4, 0.5) is 0 Å². The van der Waals surface area contributed by atoms with Gasteiger partial charge in [0.25, 0.3) is 0 Å². The number of rotatable bonds is 10. The van der Waals surface area contributed by atoms with Crippen molar-refractivity contribution in [2.45, 2.75) is 25.7 Å². The van der Waals surface area contributed by atoms with E-state index < -0.39 is 11.9 Å². The second-order valence-corrected chi connectivity index (χ2v) is 6.74. The van der Waals surface area contributed by atoms with Crippen LogP contribution in [0.15, 0.2) is 60.7 Å². The molecule has 138 valence electrons. The first-order valence-electron chi connectivity index (χ1n) is 8.98. The Morgan fingerprint density at radius 3 is 1.77 bits per heavy atom. The Kier molecular flexibility index (Phi) is 7.54. The second kappa shape index (κ2) is 9.88.